The van der Waals surface area contributed by atoms with Gasteiger partial charge < -0.3 is 15.8 Å². The summed E-state index contributed by atoms with van der Waals surface area (Å²) in [5.74, 6) is 0.102. The van der Waals surface area contributed by atoms with E-state index in [1.165, 1.54) is 0 Å². The van der Waals surface area contributed by atoms with E-state index in [9.17, 15) is 4.79 Å². The number of carbonyl (C=O) groups is 1. The molecule has 20 heavy (non-hydrogen) atoms. The second-order valence-corrected chi connectivity index (χ2v) is 5.13. The van der Waals surface area contributed by atoms with Gasteiger partial charge >= 0.3 is 0 Å². The zero-order valence-corrected chi connectivity index (χ0v) is 12.6. The van der Waals surface area contributed by atoms with Crippen molar-refractivity contribution >= 4 is 24.0 Å². The molecule has 0 radical (unpaired) electrons. The van der Waals surface area contributed by atoms with Crippen molar-refractivity contribution in [3.63, 3.8) is 0 Å². The molecule has 5 heteroatoms. The van der Waals surface area contributed by atoms with E-state index in [-0.39, 0.29) is 24.4 Å². The van der Waals surface area contributed by atoms with Crippen LogP contribution >= 0.6 is 12.4 Å². The third-order valence-electron chi connectivity index (χ3n) is 3.76. The lowest BCUT2D eigenvalue weighted by molar-refractivity contribution is -0.121. The number of benzene rings is 1. The largest absolute Gasteiger partial charge is 0.399 e. The van der Waals surface area contributed by atoms with Gasteiger partial charge in [0.1, 0.15) is 0 Å². The molecule has 2 rings (SSSR count). The molecule has 0 aliphatic heterocycles. The maximum Gasteiger partial charge on any atom is 0.220 e. The number of nitrogens with one attached hydrogen (secondary N) is 1. The standard InChI is InChI=1S/C15H22N2O2.ClH/c1-19-13-8-7-12(10-13)17-15(18)9-6-11-4-2-3-5-14(11)16;/h2-5,12-13H,6-10,16H2,1H3,(H,17,18);1H. The molecule has 0 saturated heterocycles. The first-order chi connectivity index (χ1) is 9.19. The van der Waals surface area contributed by atoms with E-state index < -0.39 is 0 Å². The van der Waals surface area contributed by atoms with E-state index in [0.717, 1.165) is 30.5 Å². The summed E-state index contributed by atoms with van der Waals surface area (Å²) in [4.78, 5) is 11.9. The number of aryl methyl sites for hydroxylation is 1. The minimum Gasteiger partial charge on any atom is -0.399 e. The molecule has 1 aromatic rings. The molecule has 1 aliphatic carbocycles. The Kier molecular flexibility index (Phi) is 6.82. The van der Waals surface area contributed by atoms with Crippen LogP contribution in [-0.4, -0.2) is 25.2 Å². The zero-order chi connectivity index (χ0) is 13.7. The fourth-order valence-corrected chi connectivity index (χ4v) is 2.60. The quantitative estimate of drug-likeness (QED) is 0.820. The predicted octanol–water partition coefficient (Wildman–Crippen LogP) is 2.31. The maximum absolute atomic E-state index is 11.9. The highest BCUT2D eigenvalue weighted by Crippen LogP contribution is 2.21. The normalized spacial score (nSPS) is 21.2. The zero-order valence-electron chi connectivity index (χ0n) is 11.8. The summed E-state index contributed by atoms with van der Waals surface area (Å²) in [7, 11) is 1.73. The molecule has 1 aliphatic rings. The molecule has 1 saturated carbocycles. The number of ether oxygens (including phenoxy) is 1. The van der Waals surface area contributed by atoms with E-state index in [4.69, 9.17) is 10.5 Å². The molecule has 1 aromatic carbocycles. The fraction of sp³-hybridized carbons (Fsp3) is 0.533. The molecule has 2 atom stereocenters. The van der Waals surface area contributed by atoms with Crippen molar-refractivity contribution in [3.05, 3.63) is 29.8 Å². The van der Waals surface area contributed by atoms with Gasteiger partial charge in [-0.2, -0.15) is 0 Å². The van der Waals surface area contributed by atoms with Gasteiger partial charge in [-0.25, -0.2) is 0 Å². The molecule has 0 bridgehead atoms. The Balaban J connectivity index is 0.00000200. The van der Waals surface area contributed by atoms with Crippen molar-refractivity contribution in [2.45, 2.75) is 44.2 Å². The van der Waals surface area contributed by atoms with Crippen LogP contribution in [0, 0.1) is 0 Å². The van der Waals surface area contributed by atoms with Crippen LogP contribution in [0.5, 0.6) is 0 Å². The van der Waals surface area contributed by atoms with Crippen LogP contribution in [0.3, 0.4) is 0 Å². The van der Waals surface area contributed by atoms with Crippen LogP contribution in [0.2, 0.25) is 0 Å². The molecular weight excluding hydrogens is 276 g/mol. The fourth-order valence-electron chi connectivity index (χ4n) is 2.60. The number of carbonyl (C=O) groups excluding carboxylic acids is 1. The number of nitrogens with two attached hydrogens (primary N) is 1. The SMILES string of the molecule is COC1CCC(NC(=O)CCc2ccccc2N)C1.Cl. The van der Waals surface area contributed by atoms with Crippen LogP contribution in [0.1, 0.15) is 31.2 Å². The summed E-state index contributed by atoms with van der Waals surface area (Å²) in [6.45, 7) is 0. The minimum atomic E-state index is 0. The molecule has 3 N–H and O–H groups in total. The Labute approximate surface area is 126 Å². The third kappa shape index (κ3) is 4.69. The van der Waals surface area contributed by atoms with Crippen molar-refractivity contribution in [2.75, 3.05) is 12.8 Å². The van der Waals surface area contributed by atoms with Gasteiger partial charge in [-0.05, 0) is 37.3 Å². The van der Waals surface area contributed by atoms with Crippen LogP contribution in [0.15, 0.2) is 24.3 Å². The monoisotopic (exact) mass is 298 g/mol. The van der Waals surface area contributed by atoms with Gasteiger partial charge in [0.15, 0.2) is 0 Å². The summed E-state index contributed by atoms with van der Waals surface area (Å²) in [5, 5.41) is 3.07. The van der Waals surface area contributed by atoms with Crippen molar-refractivity contribution in [1.29, 1.82) is 0 Å². The van der Waals surface area contributed by atoms with E-state index in [1.807, 2.05) is 24.3 Å². The average molecular weight is 299 g/mol. The Morgan fingerprint density at radius 2 is 2.15 bits per heavy atom. The van der Waals surface area contributed by atoms with Gasteiger partial charge in [-0.1, -0.05) is 18.2 Å². The first-order valence-corrected chi connectivity index (χ1v) is 6.84. The number of halogens is 1. The predicted molar refractivity (Wildman–Crippen MR) is 83.0 cm³/mol. The molecule has 1 fully saturated rings. The van der Waals surface area contributed by atoms with Gasteiger partial charge in [0, 0.05) is 25.3 Å². The molecule has 0 spiro atoms. The Bertz CT molecular complexity index is 440. The maximum atomic E-state index is 11.9. The number of hydrogen-bond acceptors (Lipinski definition) is 3. The summed E-state index contributed by atoms with van der Waals surface area (Å²) >= 11 is 0. The highest BCUT2D eigenvalue weighted by atomic mass is 35.5. The number of nitrogen functional groups attached to an aromatic ring is 1. The van der Waals surface area contributed by atoms with E-state index in [1.54, 1.807) is 7.11 Å². The number of hydrogen-bond donors (Lipinski definition) is 2. The molecule has 1 amide bonds. The van der Waals surface area contributed by atoms with Crippen molar-refractivity contribution in [2.24, 2.45) is 0 Å². The van der Waals surface area contributed by atoms with Gasteiger partial charge in [0.2, 0.25) is 5.91 Å². The van der Waals surface area contributed by atoms with Crippen molar-refractivity contribution < 1.29 is 9.53 Å². The topological polar surface area (TPSA) is 64.3 Å². The molecular formula is C15H23ClN2O2. The minimum absolute atomic E-state index is 0. The van der Waals surface area contributed by atoms with Crippen LogP contribution in [0.4, 0.5) is 5.69 Å². The lowest BCUT2D eigenvalue weighted by atomic mass is 10.1. The highest BCUT2D eigenvalue weighted by Gasteiger charge is 2.25. The second-order valence-electron chi connectivity index (χ2n) is 5.13. The summed E-state index contributed by atoms with van der Waals surface area (Å²) in [6, 6.07) is 7.96. The van der Waals surface area contributed by atoms with Crippen LogP contribution in [-0.2, 0) is 16.0 Å². The number of para-hydroxylation sites is 1. The number of anilines is 1. The van der Waals surface area contributed by atoms with E-state index >= 15 is 0 Å². The molecule has 4 nitrogen and oxygen atoms in total. The van der Waals surface area contributed by atoms with Gasteiger partial charge in [-0.15, -0.1) is 12.4 Å². The Morgan fingerprint density at radius 3 is 2.80 bits per heavy atom. The van der Waals surface area contributed by atoms with Gasteiger partial charge in [0.05, 0.1) is 6.10 Å². The highest BCUT2D eigenvalue weighted by molar-refractivity contribution is 5.85. The lowest BCUT2D eigenvalue weighted by Crippen LogP contribution is -2.33. The van der Waals surface area contributed by atoms with Gasteiger partial charge in [-0.3, -0.25) is 4.79 Å². The number of amides is 1. The summed E-state index contributed by atoms with van der Waals surface area (Å²) in [6.07, 6.45) is 4.46. The lowest BCUT2D eigenvalue weighted by Gasteiger charge is -2.13. The second kappa shape index (κ2) is 8.12. The number of methoxy groups -OCH3 is 1. The average Bonchev–Trinajstić information content (AvgIpc) is 2.85. The van der Waals surface area contributed by atoms with Gasteiger partial charge in [0.25, 0.3) is 0 Å². The van der Waals surface area contributed by atoms with E-state index in [2.05, 4.69) is 5.32 Å². The molecule has 2 unspecified atom stereocenters. The first kappa shape index (κ1) is 16.8. The summed E-state index contributed by atoms with van der Waals surface area (Å²) < 4.78 is 5.30. The van der Waals surface area contributed by atoms with Crippen LogP contribution < -0.4 is 11.1 Å². The third-order valence-corrected chi connectivity index (χ3v) is 3.76. The molecule has 0 aromatic heterocycles. The number of rotatable bonds is 5. The van der Waals surface area contributed by atoms with Crippen molar-refractivity contribution in [1.82, 2.24) is 5.32 Å². The first-order valence-electron chi connectivity index (χ1n) is 6.84. The van der Waals surface area contributed by atoms with Crippen molar-refractivity contribution in [3.8, 4) is 0 Å². The molecule has 112 valence electrons. The smallest absolute Gasteiger partial charge is 0.220 e. The van der Waals surface area contributed by atoms with E-state index in [0.29, 0.717) is 18.9 Å². The van der Waals surface area contributed by atoms with Crippen LogP contribution in [0.25, 0.3) is 0 Å². The summed E-state index contributed by atoms with van der Waals surface area (Å²) in [5.41, 5.74) is 7.66. The Hall–Kier alpha value is -1.26. The molecule has 0 heterocycles. The Morgan fingerprint density at radius 1 is 1.40 bits per heavy atom.